The summed E-state index contributed by atoms with van der Waals surface area (Å²) >= 11 is 0. The van der Waals surface area contributed by atoms with E-state index in [0.717, 1.165) is 11.6 Å². The number of anilines is 1. The van der Waals surface area contributed by atoms with Crippen molar-refractivity contribution in [1.29, 1.82) is 0 Å². The molecule has 0 amide bonds. The van der Waals surface area contributed by atoms with E-state index in [4.69, 9.17) is 0 Å². The molecule has 68 valence electrons. The van der Waals surface area contributed by atoms with Crippen molar-refractivity contribution in [2.24, 2.45) is 0 Å². The van der Waals surface area contributed by atoms with Crippen LogP contribution in [0.3, 0.4) is 0 Å². The van der Waals surface area contributed by atoms with Crippen LogP contribution in [0.2, 0.25) is 0 Å². The van der Waals surface area contributed by atoms with Gasteiger partial charge in [0.1, 0.15) is 5.82 Å². The van der Waals surface area contributed by atoms with Gasteiger partial charge in [-0.25, -0.2) is 4.98 Å². The number of nitrogens with one attached hydrogen (secondary N) is 1. The van der Waals surface area contributed by atoms with Gasteiger partial charge in [0.25, 0.3) is 0 Å². The first-order valence-corrected chi connectivity index (χ1v) is 3.76. The van der Waals surface area contributed by atoms with Crippen molar-refractivity contribution in [2.75, 3.05) is 5.32 Å². The standard InChI is InChI=1S/C9H10N2O2.Na/c1-7-3-2-5-10-9(7)11-6-4-8(12)13;/h2-6H,1H3,(H,10,11)(H,12,13);/q;+1/p-1/b6-4+;. The molecule has 1 aromatic rings. The Balaban J connectivity index is 0.00000169. The number of carboxylic acid groups (broad SMARTS) is 1. The number of carbonyl (C=O) groups is 1. The molecule has 0 atom stereocenters. The van der Waals surface area contributed by atoms with Crippen LogP contribution in [-0.4, -0.2) is 11.0 Å². The minimum atomic E-state index is -1.24. The predicted molar refractivity (Wildman–Crippen MR) is 46.7 cm³/mol. The van der Waals surface area contributed by atoms with Gasteiger partial charge in [0.15, 0.2) is 0 Å². The second kappa shape index (κ2) is 6.59. The van der Waals surface area contributed by atoms with Crippen LogP contribution in [0.4, 0.5) is 5.82 Å². The average Bonchev–Trinajstić information content (AvgIpc) is 2.08. The first-order chi connectivity index (χ1) is 6.20. The van der Waals surface area contributed by atoms with E-state index in [9.17, 15) is 9.90 Å². The van der Waals surface area contributed by atoms with Gasteiger partial charge in [0.2, 0.25) is 0 Å². The summed E-state index contributed by atoms with van der Waals surface area (Å²) in [7, 11) is 0. The molecule has 1 aromatic heterocycles. The van der Waals surface area contributed by atoms with Gasteiger partial charge in [-0.05, 0) is 24.6 Å². The van der Waals surface area contributed by atoms with Crippen LogP contribution in [0.25, 0.3) is 0 Å². The number of aryl methyl sites for hydroxylation is 1. The molecule has 0 radical (unpaired) electrons. The Morgan fingerprint density at radius 2 is 2.36 bits per heavy atom. The van der Waals surface area contributed by atoms with Crippen molar-refractivity contribution in [2.45, 2.75) is 6.92 Å². The molecule has 0 aliphatic carbocycles. The number of carbonyl (C=O) groups excluding carboxylic acids is 1. The third kappa shape index (κ3) is 4.41. The number of aliphatic carboxylic acids is 1. The van der Waals surface area contributed by atoms with E-state index in [2.05, 4.69) is 10.3 Å². The number of carboxylic acids is 1. The molecule has 0 bridgehead atoms. The molecule has 0 aromatic carbocycles. The van der Waals surface area contributed by atoms with Crippen molar-refractivity contribution in [3.05, 3.63) is 36.2 Å². The molecule has 4 nitrogen and oxygen atoms in total. The van der Waals surface area contributed by atoms with Crippen LogP contribution in [0, 0.1) is 6.92 Å². The second-order valence-electron chi connectivity index (χ2n) is 2.47. The quantitative estimate of drug-likeness (QED) is 0.419. The smallest absolute Gasteiger partial charge is 0.545 e. The van der Waals surface area contributed by atoms with E-state index in [-0.39, 0.29) is 29.6 Å². The number of hydrogen-bond donors (Lipinski definition) is 1. The number of aromatic nitrogens is 1. The van der Waals surface area contributed by atoms with Crippen LogP contribution < -0.4 is 40.0 Å². The van der Waals surface area contributed by atoms with E-state index in [1.807, 2.05) is 19.1 Å². The summed E-state index contributed by atoms with van der Waals surface area (Å²) in [5.41, 5.74) is 0.950. The van der Waals surface area contributed by atoms with Crippen LogP contribution >= 0.6 is 0 Å². The third-order valence-electron chi connectivity index (χ3n) is 1.45. The molecule has 0 saturated carbocycles. The molecule has 14 heavy (non-hydrogen) atoms. The molecular weight excluding hydrogens is 191 g/mol. The third-order valence-corrected chi connectivity index (χ3v) is 1.45. The minimum Gasteiger partial charge on any atom is -0.545 e. The van der Waals surface area contributed by atoms with Crippen LogP contribution in [0.15, 0.2) is 30.6 Å². The van der Waals surface area contributed by atoms with Crippen LogP contribution in [-0.2, 0) is 4.79 Å². The molecule has 0 unspecified atom stereocenters. The topological polar surface area (TPSA) is 65.0 Å². The summed E-state index contributed by atoms with van der Waals surface area (Å²) in [6, 6.07) is 3.69. The molecule has 5 heteroatoms. The van der Waals surface area contributed by atoms with E-state index < -0.39 is 5.97 Å². The predicted octanol–water partition coefficient (Wildman–Crippen LogP) is -2.93. The fourth-order valence-corrected chi connectivity index (χ4v) is 0.825. The van der Waals surface area contributed by atoms with E-state index in [1.165, 1.54) is 6.20 Å². The molecule has 0 saturated heterocycles. The summed E-state index contributed by atoms with van der Waals surface area (Å²) in [6.07, 6.45) is 3.82. The zero-order valence-corrected chi connectivity index (χ0v) is 10.2. The maximum absolute atomic E-state index is 10.0. The fourth-order valence-electron chi connectivity index (χ4n) is 0.825. The van der Waals surface area contributed by atoms with Crippen molar-refractivity contribution in [3.8, 4) is 0 Å². The summed E-state index contributed by atoms with van der Waals surface area (Å²) in [4.78, 5) is 14.0. The zero-order valence-electron chi connectivity index (χ0n) is 8.15. The van der Waals surface area contributed by atoms with Crippen LogP contribution in [0.5, 0.6) is 0 Å². The zero-order chi connectivity index (χ0) is 9.68. The molecule has 1 heterocycles. The van der Waals surface area contributed by atoms with Crippen molar-refractivity contribution in [3.63, 3.8) is 0 Å². The monoisotopic (exact) mass is 200 g/mol. The van der Waals surface area contributed by atoms with Gasteiger partial charge >= 0.3 is 29.6 Å². The second-order valence-corrected chi connectivity index (χ2v) is 2.47. The average molecular weight is 200 g/mol. The van der Waals surface area contributed by atoms with Crippen molar-refractivity contribution in [1.82, 2.24) is 4.98 Å². The Bertz CT molecular complexity index is 339. The summed E-state index contributed by atoms with van der Waals surface area (Å²) in [5.74, 6) is -0.596. The van der Waals surface area contributed by atoms with Gasteiger partial charge in [-0.3, -0.25) is 0 Å². The first kappa shape index (κ1) is 13.2. The maximum atomic E-state index is 10.0. The van der Waals surface area contributed by atoms with Gasteiger partial charge in [0, 0.05) is 12.4 Å². The van der Waals surface area contributed by atoms with Gasteiger partial charge in [-0.2, -0.15) is 0 Å². The Morgan fingerprint density at radius 3 is 2.93 bits per heavy atom. The Labute approximate surface area is 104 Å². The number of rotatable bonds is 3. The van der Waals surface area contributed by atoms with E-state index in [0.29, 0.717) is 5.82 Å². The largest absolute Gasteiger partial charge is 1.00 e. The Kier molecular flexibility index (Phi) is 6.19. The molecule has 1 N–H and O–H groups in total. The fraction of sp³-hybridized carbons (Fsp3) is 0.111. The number of pyridine rings is 1. The number of hydrogen-bond acceptors (Lipinski definition) is 4. The van der Waals surface area contributed by atoms with E-state index >= 15 is 0 Å². The maximum Gasteiger partial charge on any atom is 1.00 e. The normalized spacial score (nSPS) is 9.50. The van der Waals surface area contributed by atoms with Gasteiger partial charge in [0.05, 0.1) is 5.97 Å². The molecule has 0 aliphatic heterocycles. The number of nitrogens with zero attached hydrogens (tertiary/aromatic N) is 1. The molecule has 0 fully saturated rings. The Morgan fingerprint density at radius 1 is 1.64 bits per heavy atom. The van der Waals surface area contributed by atoms with Gasteiger partial charge < -0.3 is 15.2 Å². The molecule has 1 rings (SSSR count). The molecule has 0 aliphatic rings. The SMILES string of the molecule is Cc1cccnc1N/C=C/C(=O)[O-].[Na+]. The van der Waals surface area contributed by atoms with Crippen molar-refractivity contribution < 1.29 is 39.5 Å². The van der Waals surface area contributed by atoms with Gasteiger partial charge in [-0.15, -0.1) is 0 Å². The van der Waals surface area contributed by atoms with Crippen LogP contribution in [0.1, 0.15) is 5.56 Å². The Hall–Kier alpha value is -0.840. The first-order valence-electron chi connectivity index (χ1n) is 3.76. The molecule has 0 spiro atoms. The van der Waals surface area contributed by atoms with Crippen molar-refractivity contribution >= 4 is 11.8 Å². The summed E-state index contributed by atoms with van der Waals surface area (Å²) in [6.45, 7) is 1.88. The van der Waals surface area contributed by atoms with Gasteiger partial charge in [-0.1, -0.05) is 6.07 Å². The summed E-state index contributed by atoms with van der Waals surface area (Å²) < 4.78 is 0. The van der Waals surface area contributed by atoms with E-state index in [1.54, 1.807) is 6.20 Å². The minimum absolute atomic E-state index is 0. The summed E-state index contributed by atoms with van der Waals surface area (Å²) in [5, 5.41) is 12.7. The molecular formula is C9H9N2NaO2.